The SMILES string of the molecule is COc1ccc(C(=O)NCC2(C)CCOCC2)c(N)c1. The van der Waals surface area contributed by atoms with Crippen molar-refractivity contribution in [2.24, 2.45) is 5.41 Å². The predicted octanol–water partition coefficient (Wildman–Crippen LogP) is 1.82. The van der Waals surface area contributed by atoms with Gasteiger partial charge in [0.1, 0.15) is 5.75 Å². The average Bonchev–Trinajstić information content (AvgIpc) is 2.45. The number of carbonyl (C=O) groups excluding carboxylic acids is 1. The Labute approximate surface area is 119 Å². The van der Waals surface area contributed by atoms with E-state index < -0.39 is 0 Å². The molecule has 1 saturated heterocycles. The molecule has 0 saturated carbocycles. The van der Waals surface area contributed by atoms with Gasteiger partial charge in [0, 0.05) is 31.5 Å². The molecule has 0 aliphatic carbocycles. The molecule has 0 bridgehead atoms. The van der Waals surface area contributed by atoms with Crippen LogP contribution in [-0.2, 0) is 4.74 Å². The summed E-state index contributed by atoms with van der Waals surface area (Å²) in [5, 5.41) is 2.97. The first-order valence-corrected chi connectivity index (χ1v) is 6.83. The summed E-state index contributed by atoms with van der Waals surface area (Å²) in [7, 11) is 1.57. The number of ether oxygens (including phenoxy) is 2. The highest BCUT2D eigenvalue weighted by Gasteiger charge is 2.28. The van der Waals surface area contributed by atoms with Crippen LogP contribution in [0.25, 0.3) is 0 Å². The summed E-state index contributed by atoms with van der Waals surface area (Å²) in [4.78, 5) is 12.2. The van der Waals surface area contributed by atoms with Gasteiger partial charge in [-0.25, -0.2) is 0 Å². The molecule has 1 aliphatic heterocycles. The standard InChI is InChI=1S/C15H22N2O3/c1-15(5-7-20-8-6-15)10-17-14(18)12-4-3-11(19-2)9-13(12)16/h3-4,9H,5-8,10,16H2,1-2H3,(H,17,18). The summed E-state index contributed by atoms with van der Waals surface area (Å²) in [6, 6.07) is 5.09. The first-order chi connectivity index (χ1) is 9.54. The molecule has 3 N–H and O–H groups in total. The van der Waals surface area contributed by atoms with Crippen molar-refractivity contribution in [1.82, 2.24) is 5.32 Å². The number of nitrogen functional groups attached to an aromatic ring is 1. The van der Waals surface area contributed by atoms with Gasteiger partial charge in [-0.2, -0.15) is 0 Å². The lowest BCUT2D eigenvalue weighted by molar-refractivity contribution is 0.0238. The van der Waals surface area contributed by atoms with Crippen molar-refractivity contribution in [3.8, 4) is 5.75 Å². The van der Waals surface area contributed by atoms with Crippen molar-refractivity contribution in [1.29, 1.82) is 0 Å². The van der Waals surface area contributed by atoms with Crippen molar-refractivity contribution >= 4 is 11.6 Å². The fourth-order valence-corrected chi connectivity index (χ4v) is 2.30. The lowest BCUT2D eigenvalue weighted by Crippen LogP contribution is -2.39. The normalized spacial score (nSPS) is 17.5. The number of methoxy groups -OCH3 is 1. The first-order valence-electron chi connectivity index (χ1n) is 6.83. The number of nitrogens with two attached hydrogens (primary N) is 1. The van der Waals surface area contributed by atoms with Crippen LogP contribution in [0.1, 0.15) is 30.1 Å². The van der Waals surface area contributed by atoms with E-state index in [1.165, 1.54) is 0 Å². The third-order valence-electron chi connectivity index (χ3n) is 3.88. The van der Waals surface area contributed by atoms with Crippen molar-refractivity contribution in [2.45, 2.75) is 19.8 Å². The molecule has 2 rings (SSSR count). The Hall–Kier alpha value is -1.75. The van der Waals surface area contributed by atoms with Gasteiger partial charge < -0.3 is 20.5 Å². The molecular weight excluding hydrogens is 256 g/mol. The van der Waals surface area contributed by atoms with E-state index in [2.05, 4.69) is 12.2 Å². The molecule has 5 nitrogen and oxygen atoms in total. The Bertz CT molecular complexity index is 482. The number of carbonyl (C=O) groups is 1. The lowest BCUT2D eigenvalue weighted by Gasteiger charge is -2.33. The Morgan fingerprint density at radius 2 is 2.15 bits per heavy atom. The number of rotatable bonds is 4. The van der Waals surface area contributed by atoms with Gasteiger partial charge >= 0.3 is 0 Å². The van der Waals surface area contributed by atoms with Crippen LogP contribution >= 0.6 is 0 Å². The minimum absolute atomic E-state index is 0.106. The van der Waals surface area contributed by atoms with Gasteiger partial charge in [0.2, 0.25) is 0 Å². The number of nitrogens with one attached hydrogen (secondary N) is 1. The summed E-state index contributed by atoms with van der Waals surface area (Å²) < 4.78 is 10.4. The summed E-state index contributed by atoms with van der Waals surface area (Å²) in [6.45, 7) is 4.34. The molecule has 110 valence electrons. The first kappa shape index (κ1) is 14.7. The van der Waals surface area contributed by atoms with Gasteiger partial charge in [-0.05, 0) is 30.4 Å². The zero-order valence-corrected chi connectivity index (χ0v) is 12.1. The van der Waals surface area contributed by atoms with Crippen molar-refractivity contribution in [3.63, 3.8) is 0 Å². The van der Waals surface area contributed by atoms with E-state index in [-0.39, 0.29) is 11.3 Å². The number of hydrogen-bond acceptors (Lipinski definition) is 4. The molecule has 1 aromatic rings. The second kappa shape index (κ2) is 6.13. The van der Waals surface area contributed by atoms with E-state index in [0.717, 1.165) is 26.1 Å². The molecular formula is C15H22N2O3. The number of benzene rings is 1. The number of hydrogen-bond donors (Lipinski definition) is 2. The van der Waals surface area contributed by atoms with Gasteiger partial charge in [0.15, 0.2) is 0 Å². The molecule has 0 radical (unpaired) electrons. The fourth-order valence-electron chi connectivity index (χ4n) is 2.30. The summed E-state index contributed by atoms with van der Waals surface area (Å²) in [6.07, 6.45) is 1.93. The molecule has 0 aromatic heterocycles. The van der Waals surface area contributed by atoms with Gasteiger partial charge in [-0.3, -0.25) is 4.79 Å². The highest BCUT2D eigenvalue weighted by atomic mass is 16.5. The third-order valence-corrected chi connectivity index (χ3v) is 3.88. The average molecular weight is 278 g/mol. The van der Waals surface area contributed by atoms with Crippen LogP contribution in [0.4, 0.5) is 5.69 Å². The van der Waals surface area contributed by atoms with Crippen molar-refractivity contribution in [3.05, 3.63) is 23.8 Å². The van der Waals surface area contributed by atoms with Crippen LogP contribution in [-0.4, -0.2) is 32.8 Å². The minimum atomic E-state index is -0.141. The minimum Gasteiger partial charge on any atom is -0.497 e. The molecule has 20 heavy (non-hydrogen) atoms. The maximum absolute atomic E-state index is 12.2. The van der Waals surface area contributed by atoms with Crippen LogP contribution in [0.3, 0.4) is 0 Å². The van der Waals surface area contributed by atoms with Crippen LogP contribution < -0.4 is 15.8 Å². The molecule has 0 unspecified atom stereocenters. The van der Waals surface area contributed by atoms with Crippen LogP contribution in [0, 0.1) is 5.41 Å². The van der Waals surface area contributed by atoms with E-state index in [0.29, 0.717) is 23.5 Å². The summed E-state index contributed by atoms with van der Waals surface area (Å²) in [5.41, 5.74) is 6.90. The lowest BCUT2D eigenvalue weighted by atomic mass is 9.82. The highest BCUT2D eigenvalue weighted by molar-refractivity contribution is 5.99. The zero-order chi connectivity index (χ0) is 14.6. The monoisotopic (exact) mass is 278 g/mol. The molecule has 5 heteroatoms. The van der Waals surface area contributed by atoms with E-state index in [4.69, 9.17) is 15.2 Å². The number of amides is 1. The molecule has 0 atom stereocenters. The quantitative estimate of drug-likeness (QED) is 0.824. The third kappa shape index (κ3) is 3.42. The molecule has 1 aliphatic rings. The molecule has 0 spiro atoms. The maximum atomic E-state index is 12.2. The van der Waals surface area contributed by atoms with Crippen LogP contribution in [0.2, 0.25) is 0 Å². The predicted molar refractivity (Wildman–Crippen MR) is 77.9 cm³/mol. The zero-order valence-electron chi connectivity index (χ0n) is 12.1. The van der Waals surface area contributed by atoms with E-state index in [9.17, 15) is 4.79 Å². The highest BCUT2D eigenvalue weighted by Crippen LogP contribution is 2.29. The largest absolute Gasteiger partial charge is 0.497 e. The Kier molecular flexibility index (Phi) is 4.49. The van der Waals surface area contributed by atoms with Gasteiger partial charge in [-0.1, -0.05) is 6.92 Å². The second-order valence-corrected chi connectivity index (χ2v) is 5.56. The topological polar surface area (TPSA) is 73.6 Å². The summed E-state index contributed by atoms with van der Waals surface area (Å²) >= 11 is 0. The smallest absolute Gasteiger partial charge is 0.253 e. The van der Waals surface area contributed by atoms with Crippen LogP contribution in [0.15, 0.2) is 18.2 Å². The maximum Gasteiger partial charge on any atom is 0.253 e. The van der Waals surface area contributed by atoms with E-state index in [1.807, 2.05) is 0 Å². The Morgan fingerprint density at radius 1 is 1.45 bits per heavy atom. The van der Waals surface area contributed by atoms with Crippen molar-refractivity contribution < 1.29 is 14.3 Å². The van der Waals surface area contributed by atoms with E-state index >= 15 is 0 Å². The summed E-state index contributed by atoms with van der Waals surface area (Å²) in [5.74, 6) is 0.508. The molecule has 1 aromatic carbocycles. The molecule has 1 amide bonds. The van der Waals surface area contributed by atoms with E-state index in [1.54, 1.807) is 25.3 Å². The van der Waals surface area contributed by atoms with Gasteiger partial charge in [-0.15, -0.1) is 0 Å². The Balaban J connectivity index is 1.98. The van der Waals surface area contributed by atoms with Gasteiger partial charge in [0.25, 0.3) is 5.91 Å². The van der Waals surface area contributed by atoms with Crippen molar-refractivity contribution in [2.75, 3.05) is 32.6 Å². The second-order valence-electron chi connectivity index (χ2n) is 5.56. The molecule has 1 heterocycles. The fraction of sp³-hybridized carbons (Fsp3) is 0.533. The number of anilines is 1. The van der Waals surface area contributed by atoms with Gasteiger partial charge in [0.05, 0.1) is 12.7 Å². The Morgan fingerprint density at radius 3 is 2.75 bits per heavy atom. The van der Waals surface area contributed by atoms with Crippen LogP contribution in [0.5, 0.6) is 5.75 Å². The molecule has 1 fully saturated rings.